The molecule has 0 bridgehead atoms. The lowest BCUT2D eigenvalue weighted by Crippen LogP contribution is -2.54. The van der Waals surface area contributed by atoms with Gasteiger partial charge in [-0.2, -0.15) is 0 Å². The van der Waals surface area contributed by atoms with Gasteiger partial charge in [-0.15, -0.1) is 0 Å². The van der Waals surface area contributed by atoms with Gasteiger partial charge in [0.1, 0.15) is 0 Å². The Balaban J connectivity index is 2.45. The lowest BCUT2D eigenvalue weighted by Gasteiger charge is -2.46. The maximum atomic E-state index is 3.42. The Morgan fingerprint density at radius 2 is 2.07 bits per heavy atom. The number of rotatable bonds is 4. The van der Waals surface area contributed by atoms with Gasteiger partial charge in [0, 0.05) is 18.1 Å². The Hall–Kier alpha value is -0.0800. The first-order valence-corrected chi connectivity index (χ1v) is 6.38. The van der Waals surface area contributed by atoms with E-state index in [9.17, 15) is 0 Å². The summed E-state index contributed by atoms with van der Waals surface area (Å²) in [7, 11) is 2.09. The van der Waals surface area contributed by atoms with Crippen LogP contribution in [0.1, 0.15) is 47.0 Å². The molecule has 1 atom stereocenters. The van der Waals surface area contributed by atoms with Crippen molar-refractivity contribution in [3.63, 3.8) is 0 Å². The third-order valence-electron chi connectivity index (χ3n) is 3.73. The van der Waals surface area contributed by atoms with Crippen molar-refractivity contribution in [2.75, 3.05) is 20.1 Å². The van der Waals surface area contributed by atoms with E-state index in [1.54, 1.807) is 0 Å². The van der Waals surface area contributed by atoms with Crippen molar-refractivity contribution in [2.24, 2.45) is 5.92 Å². The van der Waals surface area contributed by atoms with E-state index in [1.807, 2.05) is 0 Å². The number of nitrogens with one attached hydrogen (secondary N) is 1. The van der Waals surface area contributed by atoms with Crippen molar-refractivity contribution in [3.05, 3.63) is 0 Å². The SMILES string of the molecule is CNC1CCN(CCC(C)C)C(C)(C)C1. The summed E-state index contributed by atoms with van der Waals surface area (Å²) >= 11 is 0. The van der Waals surface area contributed by atoms with Crippen molar-refractivity contribution in [1.82, 2.24) is 10.2 Å². The average molecular weight is 212 g/mol. The van der Waals surface area contributed by atoms with Gasteiger partial charge in [0.05, 0.1) is 0 Å². The molecule has 1 heterocycles. The van der Waals surface area contributed by atoms with Crippen LogP contribution >= 0.6 is 0 Å². The summed E-state index contributed by atoms with van der Waals surface area (Å²) in [5.74, 6) is 0.822. The Labute approximate surface area is 95.4 Å². The Morgan fingerprint density at radius 1 is 1.40 bits per heavy atom. The van der Waals surface area contributed by atoms with Crippen LogP contribution in [-0.2, 0) is 0 Å². The van der Waals surface area contributed by atoms with Crippen LogP contribution in [0.5, 0.6) is 0 Å². The molecule has 1 fully saturated rings. The third-order valence-corrected chi connectivity index (χ3v) is 3.73. The highest BCUT2D eigenvalue weighted by Gasteiger charge is 2.33. The quantitative estimate of drug-likeness (QED) is 0.770. The van der Waals surface area contributed by atoms with Gasteiger partial charge in [-0.05, 0) is 52.6 Å². The largest absolute Gasteiger partial charge is 0.317 e. The van der Waals surface area contributed by atoms with Crippen LogP contribution in [0.3, 0.4) is 0 Å². The molecule has 0 aromatic rings. The van der Waals surface area contributed by atoms with Gasteiger partial charge in [-0.3, -0.25) is 4.90 Å². The van der Waals surface area contributed by atoms with Gasteiger partial charge in [0.2, 0.25) is 0 Å². The van der Waals surface area contributed by atoms with E-state index in [0.717, 1.165) is 12.0 Å². The zero-order chi connectivity index (χ0) is 11.5. The summed E-state index contributed by atoms with van der Waals surface area (Å²) < 4.78 is 0. The minimum Gasteiger partial charge on any atom is -0.317 e. The van der Waals surface area contributed by atoms with Crippen LogP contribution in [0.4, 0.5) is 0 Å². The van der Waals surface area contributed by atoms with Crippen LogP contribution in [0.15, 0.2) is 0 Å². The summed E-state index contributed by atoms with van der Waals surface area (Å²) in [5.41, 5.74) is 0.376. The third kappa shape index (κ3) is 3.76. The van der Waals surface area contributed by atoms with E-state index in [0.29, 0.717) is 5.54 Å². The second-order valence-electron chi connectivity index (χ2n) is 5.96. The van der Waals surface area contributed by atoms with Gasteiger partial charge in [-0.1, -0.05) is 13.8 Å². The number of hydrogen-bond acceptors (Lipinski definition) is 2. The Bertz CT molecular complexity index is 187. The van der Waals surface area contributed by atoms with Crippen molar-refractivity contribution < 1.29 is 0 Å². The van der Waals surface area contributed by atoms with Gasteiger partial charge in [0.15, 0.2) is 0 Å². The molecular weight excluding hydrogens is 184 g/mol. The lowest BCUT2D eigenvalue weighted by atomic mass is 9.86. The minimum absolute atomic E-state index is 0.376. The van der Waals surface area contributed by atoms with Crippen molar-refractivity contribution >= 4 is 0 Å². The van der Waals surface area contributed by atoms with E-state index in [4.69, 9.17) is 0 Å². The second kappa shape index (κ2) is 5.31. The van der Waals surface area contributed by atoms with Crippen molar-refractivity contribution in [2.45, 2.75) is 58.5 Å². The van der Waals surface area contributed by atoms with E-state index in [-0.39, 0.29) is 0 Å². The Kier molecular flexibility index (Phi) is 4.60. The fraction of sp³-hybridized carbons (Fsp3) is 1.00. The fourth-order valence-corrected chi connectivity index (χ4v) is 2.52. The van der Waals surface area contributed by atoms with Crippen LogP contribution in [0.25, 0.3) is 0 Å². The first-order chi connectivity index (χ1) is 6.95. The molecule has 1 aliphatic rings. The molecule has 1 unspecified atom stereocenters. The van der Waals surface area contributed by atoms with E-state index < -0.39 is 0 Å². The number of hydrogen-bond donors (Lipinski definition) is 1. The molecule has 0 spiro atoms. The highest BCUT2D eigenvalue weighted by Crippen LogP contribution is 2.27. The molecule has 0 amide bonds. The van der Waals surface area contributed by atoms with Crippen LogP contribution in [0.2, 0.25) is 0 Å². The fourth-order valence-electron chi connectivity index (χ4n) is 2.52. The van der Waals surface area contributed by atoms with E-state index in [2.05, 4.69) is 45.0 Å². The smallest absolute Gasteiger partial charge is 0.0168 e. The maximum absolute atomic E-state index is 3.42. The predicted molar refractivity (Wildman–Crippen MR) is 67.2 cm³/mol. The molecule has 1 N–H and O–H groups in total. The molecule has 0 aromatic heterocycles. The molecule has 90 valence electrons. The first kappa shape index (κ1) is 13.0. The molecule has 2 nitrogen and oxygen atoms in total. The first-order valence-electron chi connectivity index (χ1n) is 6.38. The summed E-state index contributed by atoms with van der Waals surface area (Å²) in [6, 6.07) is 0.718. The molecule has 0 radical (unpaired) electrons. The predicted octanol–water partition coefficient (Wildman–Crippen LogP) is 2.49. The van der Waals surface area contributed by atoms with Crippen LogP contribution in [-0.4, -0.2) is 36.6 Å². The number of nitrogens with zero attached hydrogens (tertiary/aromatic N) is 1. The molecule has 15 heavy (non-hydrogen) atoms. The zero-order valence-electron chi connectivity index (χ0n) is 11.1. The summed E-state index contributed by atoms with van der Waals surface area (Å²) in [5, 5.41) is 3.42. The molecule has 0 aliphatic carbocycles. The summed E-state index contributed by atoms with van der Waals surface area (Å²) in [6.45, 7) is 11.9. The van der Waals surface area contributed by atoms with E-state index in [1.165, 1.54) is 32.4 Å². The van der Waals surface area contributed by atoms with Crippen LogP contribution in [0, 0.1) is 5.92 Å². The van der Waals surface area contributed by atoms with Crippen molar-refractivity contribution in [1.29, 1.82) is 0 Å². The number of piperidine rings is 1. The molecule has 1 saturated heterocycles. The Morgan fingerprint density at radius 3 is 2.53 bits per heavy atom. The highest BCUT2D eigenvalue weighted by molar-refractivity contribution is 4.91. The molecule has 0 saturated carbocycles. The summed E-state index contributed by atoms with van der Waals surface area (Å²) in [6.07, 6.45) is 3.91. The zero-order valence-corrected chi connectivity index (χ0v) is 11.1. The molecule has 1 rings (SSSR count). The van der Waals surface area contributed by atoms with Gasteiger partial charge in [0.25, 0.3) is 0 Å². The highest BCUT2D eigenvalue weighted by atomic mass is 15.2. The summed E-state index contributed by atoms with van der Waals surface area (Å²) in [4.78, 5) is 2.67. The van der Waals surface area contributed by atoms with E-state index >= 15 is 0 Å². The van der Waals surface area contributed by atoms with Crippen LogP contribution < -0.4 is 5.32 Å². The molecule has 0 aromatic carbocycles. The number of likely N-dealkylation sites (tertiary alicyclic amines) is 1. The minimum atomic E-state index is 0.376. The lowest BCUT2D eigenvalue weighted by molar-refractivity contribution is 0.0561. The monoisotopic (exact) mass is 212 g/mol. The normalized spacial score (nSPS) is 27.2. The standard InChI is InChI=1S/C13H28N2/c1-11(2)6-8-15-9-7-12(14-5)10-13(15,3)4/h11-12,14H,6-10H2,1-5H3. The molecule has 2 heteroatoms. The maximum Gasteiger partial charge on any atom is 0.0168 e. The van der Waals surface area contributed by atoms with Crippen molar-refractivity contribution in [3.8, 4) is 0 Å². The van der Waals surface area contributed by atoms with Gasteiger partial charge < -0.3 is 5.32 Å². The van der Waals surface area contributed by atoms with Gasteiger partial charge in [-0.25, -0.2) is 0 Å². The molecule has 1 aliphatic heterocycles. The molecular formula is C13H28N2. The average Bonchev–Trinajstić information content (AvgIpc) is 2.14. The second-order valence-corrected chi connectivity index (χ2v) is 5.96. The van der Waals surface area contributed by atoms with Gasteiger partial charge >= 0.3 is 0 Å². The topological polar surface area (TPSA) is 15.3 Å².